The molecular weight excluding hydrogens is 268 g/mol. The van der Waals surface area contributed by atoms with Gasteiger partial charge in [-0.25, -0.2) is 0 Å². The molecule has 98 valence electrons. The Kier molecular flexibility index (Phi) is 3.80. The normalized spacial score (nSPS) is 12.2. The fraction of sp³-hybridized carbons (Fsp3) is 0.462. The van der Waals surface area contributed by atoms with Gasteiger partial charge in [0.15, 0.2) is 4.77 Å². The Morgan fingerprint density at radius 1 is 1.44 bits per heavy atom. The molecule has 0 saturated heterocycles. The first-order valence-electron chi connectivity index (χ1n) is 5.95. The van der Waals surface area contributed by atoms with Crippen LogP contribution >= 0.6 is 23.8 Å². The molecule has 5 heteroatoms. The van der Waals surface area contributed by atoms with E-state index < -0.39 is 0 Å². The Balaban J connectivity index is 2.47. The van der Waals surface area contributed by atoms with Crippen molar-refractivity contribution in [3.05, 3.63) is 28.0 Å². The van der Waals surface area contributed by atoms with Crippen LogP contribution in [0.5, 0.6) is 0 Å². The van der Waals surface area contributed by atoms with E-state index in [1.807, 2.05) is 29.7 Å². The number of benzene rings is 1. The molecule has 0 aliphatic carbocycles. The second-order valence-electron chi connectivity index (χ2n) is 4.87. The molecular formula is C13H17ClN2OS. The molecule has 1 N–H and O–H groups in total. The number of hydrogen-bond acceptors (Lipinski definition) is 2. The van der Waals surface area contributed by atoms with Crippen LogP contribution in [-0.2, 0) is 11.3 Å². The smallest absolute Gasteiger partial charge is 0.178 e. The minimum atomic E-state index is -0.260. The summed E-state index contributed by atoms with van der Waals surface area (Å²) in [6.45, 7) is 7.49. The first-order valence-corrected chi connectivity index (χ1v) is 6.73. The number of nitrogens with one attached hydrogen (secondary N) is 1. The van der Waals surface area contributed by atoms with E-state index in [2.05, 4.69) is 18.8 Å². The van der Waals surface area contributed by atoms with Crippen molar-refractivity contribution in [1.29, 1.82) is 0 Å². The van der Waals surface area contributed by atoms with Crippen molar-refractivity contribution in [2.24, 2.45) is 0 Å². The summed E-state index contributed by atoms with van der Waals surface area (Å²) in [4.78, 5) is 3.18. The van der Waals surface area contributed by atoms with Gasteiger partial charge in [0.05, 0.1) is 23.2 Å². The number of ether oxygens (including phenoxy) is 1. The molecule has 1 aromatic heterocycles. The van der Waals surface area contributed by atoms with Gasteiger partial charge in [0, 0.05) is 11.6 Å². The van der Waals surface area contributed by atoms with Gasteiger partial charge in [-0.2, -0.15) is 0 Å². The molecule has 2 aromatic rings. The number of aromatic nitrogens is 2. The van der Waals surface area contributed by atoms with Crippen molar-refractivity contribution < 1.29 is 4.74 Å². The molecule has 0 fully saturated rings. The van der Waals surface area contributed by atoms with Crippen LogP contribution in [0.3, 0.4) is 0 Å². The Labute approximate surface area is 117 Å². The van der Waals surface area contributed by atoms with Gasteiger partial charge in [-0.3, -0.25) is 0 Å². The van der Waals surface area contributed by atoms with Gasteiger partial charge in [0.1, 0.15) is 0 Å². The minimum absolute atomic E-state index is 0.260. The van der Waals surface area contributed by atoms with Crippen molar-refractivity contribution in [3.63, 3.8) is 0 Å². The van der Waals surface area contributed by atoms with Gasteiger partial charge >= 0.3 is 0 Å². The topological polar surface area (TPSA) is 29.9 Å². The van der Waals surface area contributed by atoms with Crippen LogP contribution in [0.2, 0.25) is 5.02 Å². The predicted molar refractivity (Wildman–Crippen MR) is 77.8 cm³/mol. The lowest BCUT2D eigenvalue weighted by atomic mass is 10.1. The summed E-state index contributed by atoms with van der Waals surface area (Å²) in [6.07, 6.45) is 0. The Bertz CT molecular complexity index is 615. The largest absolute Gasteiger partial charge is 0.374 e. The molecule has 1 aromatic carbocycles. The van der Waals surface area contributed by atoms with Crippen LogP contribution in [0.15, 0.2) is 18.2 Å². The third-order valence-corrected chi connectivity index (χ3v) is 3.37. The predicted octanol–water partition coefficient (Wildman–Crippen LogP) is 4.17. The van der Waals surface area contributed by atoms with Crippen molar-refractivity contribution in [2.45, 2.75) is 32.9 Å². The van der Waals surface area contributed by atoms with Gasteiger partial charge in [0.2, 0.25) is 0 Å². The van der Waals surface area contributed by atoms with E-state index in [1.165, 1.54) is 0 Å². The fourth-order valence-electron chi connectivity index (χ4n) is 2.10. The highest BCUT2D eigenvalue weighted by atomic mass is 35.5. The highest BCUT2D eigenvalue weighted by Gasteiger charge is 2.20. The molecule has 2 rings (SSSR count). The van der Waals surface area contributed by atoms with Gasteiger partial charge < -0.3 is 14.3 Å². The zero-order valence-electron chi connectivity index (χ0n) is 10.8. The van der Waals surface area contributed by atoms with E-state index >= 15 is 0 Å². The molecule has 0 saturated carbocycles. The number of fused-ring (bicyclic) bond motifs is 1. The quantitative estimate of drug-likeness (QED) is 0.854. The van der Waals surface area contributed by atoms with Crippen LogP contribution in [0, 0.1) is 4.77 Å². The van der Waals surface area contributed by atoms with Crippen LogP contribution in [0.25, 0.3) is 11.0 Å². The number of aromatic amines is 1. The lowest BCUT2D eigenvalue weighted by molar-refractivity contribution is -0.0219. The third kappa shape index (κ3) is 2.76. The van der Waals surface area contributed by atoms with E-state index in [4.69, 9.17) is 28.6 Å². The number of rotatable bonds is 4. The monoisotopic (exact) mass is 284 g/mol. The Morgan fingerprint density at radius 3 is 2.83 bits per heavy atom. The van der Waals surface area contributed by atoms with Gasteiger partial charge in [-0.15, -0.1) is 0 Å². The first kappa shape index (κ1) is 13.6. The van der Waals surface area contributed by atoms with E-state index in [0.717, 1.165) is 11.0 Å². The number of halogens is 1. The Morgan fingerprint density at radius 2 is 2.17 bits per heavy atom. The van der Waals surface area contributed by atoms with Crippen molar-refractivity contribution >= 4 is 34.9 Å². The van der Waals surface area contributed by atoms with Crippen molar-refractivity contribution in [3.8, 4) is 0 Å². The summed E-state index contributed by atoms with van der Waals surface area (Å²) in [5.41, 5.74) is 1.75. The first-order chi connectivity index (χ1) is 8.43. The van der Waals surface area contributed by atoms with E-state index in [-0.39, 0.29) is 5.60 Å². The maximum atomic E-state index is 6.04. The lowest BCUT2D eigenvalue weighted by Gasteiger charge is -2.25. The average molecular weight is 285 g/mol. The fourth-order valence-corrected chi connectivity index (χ4v) is 2.54. The van der Waals surface area contributed by atoms with Crippen molar-refractivity contribution in [1.82, 2.24) is 9.55 Å². The molecule has 1 heterocycles. The number of nitrogens with zero attached hydrogens (tertiary/aromatic N) is 1. The van der Waals surface area contributed by atoms with Crippen LogP contribution in [0.1, 0.15) is 20.8 Å². The summed E-state index contributed by atoms with van der Waals surface area (Å²) in [5.74, 6) is 0. The average Bonchev–Trinajstić information content (AvgIpc) is 2.55. The number of hydrogen-bond donors (Lipinski definition) is 1. The molecule has 0 aliphatic rings. The molecule has 0 radical (unpaired) electrons. The summed E-state index contributed by atoms with van der Waals surface area (Å²) in [5, 5.41) is 0.708. The van der Waals surface area contributed by atoms with Gasteiger partial charge in [-0.05, 0) is 51.2 Å². The summed E-state index contributed by atoms with van der Waals surface area (Å²) in [7, 11) is 0. The summed E-state index contributed by atoms with van der Waals surface area (Å²) < 4.78 is 8.45. The maximum absolute atomic E-state index is 6.04. The van der Waals surface area contributed by atoms with Crippen molar-refractivity contribution in [2.75, 3.05) is 6.61 Å². The summed E-state index contributed by atoms with van der Waals surface area (Å²) in [6, 6.07) is 5.72. The zero-order valence-corrected chi connectivity index (χ0v) is 12.4. The number of imidazole rings is 1. The maximum Gasteiger partial charge on any atom is 0.178 e. The van der Waals surface area contributed by atoms with Crippen LogP contribution < -0.4 is 0 Å². The molecule has 0 atom stereocenters. The lowest BCUT2D eigenvalue weighted by Crippen LogP contribution is -2.30. The molecule has 0 unspecified atom stereocenters. The molecule has 0 amide bonds. The van der Waals surface area contributed by atoms with E-state index in [9.17, 15) is 0 Å². The van der Waals surface area contributed by atoms with Gasteiger partial charge in [-0.1, -0.05) is 11.6 Å². The molecule has 0 bridgehead atoms. The SMILES string of the molecule is CCOC(C)(C)Cn1c(=S)[nH]c2ccc(Cl)cc21. The second kappa shape index (κ2) is 5.03. The van der Waals surface area contributed by atoms with Crippen LogP contribution in [0.4, 0.5) is 0 Å². The molecule has 0 aliphatic heterocycles. The van der Waals surface area contributed by atoms with Gasteiger partial charge in [0.25, 0.3) is 0 Å². The minimum Gasteiger partial charge on any atom is -0.374 e. The third-order valence-electron chi connectivity index (χ3n) is 2.81. The second-order valence-corrected chi connectivity index (χ2v) is 5.69. The Hall–Kier alpha value is -0.840. The zero-order chi connectivity index (χ0) is 13.3. The standard InChI is InChI=1S/C13H17ClN2OS/c1-4-17-13(2,3)8-16-11-7-9(14)5-6-10(11)15-12(16)18/h5-7H,4,8H2,1-3H3,(H,15,18). The summed E-state index contributed by atoms with van der Waals surface area (Å²) >= 11 is 11.4. The van der Waals surface area contributed by atoms with Crippen LogP contribution in [-0.4, -0.2) is 21.8 Å². The molecule has 18 heavy (non-hydrogen) atoms. The number of H-pyrrole nitrogens is 1. The van der Waals surface area contributed by atoms with E-state index in [1.54, 1.807) is 0 Å². The highest BCUT2D eigenvalue weighted by molar-refractivity contribution is 7.71. The molecule has 3 nitrogen and oxygen atoms in total. The highest BCUT2D eigenvalue weighted by Crippen LogP contribution is 2.22. The molecule has 0 spiro atoms. The van der Waals surface area contributed by atoms with E-state index in [0.29, 0.717) is 22.9 Å².